The smallest absolute Gasteiger partial charge is 0.251 e. The summed E-state index contributed by atoms with van der Waals surface area (Å²) in [5, 5.41) is 5.89. The first-order chi connectivity index (χ1) is 12.3. The van der Waals surface area contributed by atoms with Gasteiger partial charge in [-0.3, -0.25) is 14.5 Å². The van der Waals surface area contributed by atoms with Crippen molar-refractivity contribution in [3.05, 3.63) is 29.3 Å². The van der Waals surface area contributed by atoms with E-state index in [1.807, 2.05) is 13.0 Å². The second-order valence-electron chi connectivity index (χ2n) is 7.61. The normalized spacial score (nSPS) is 16.3. The summed E-state index contributed by atoms with van der Waals surface area (Å²) >= 11 is 0. The van der Waals surface area contributed by atoms with E-state index in [1.54, 1.807) is 12.1 Å². The molecule has 0 atom stereocenters. The van der Waals surface area contributed by atoms with E-state index in [0.717, 1.165) is 38.2 Å². The molecule has 1 aromatic carbocycles. The van der Waals surface area contributed by atoms with Gasteiger partial charge in [-0.2, -0.15) is 0 Å². The Balaban J connectivity index is 1.96. The Morgan fingerprint density at radius 1 is 1.15 bits per heavy atom. The number of carbonyl (C=O) groups excluding carboxylic acids is 2. The Bertz CT molecular complexity index is 630. The van der Waals surface area contributed by atoms with Crippen LogP contribution in [-0.2, 0) is 4.79 Å². The van der Waals surface area contributed by atoms with Gasteiger partial charge >= 0.3 is 0 Å². The molecule has 1 aromatic rings. The second kappa shape index (κ2) is 9.69. The molecule has 1 saturated heterocycles. The first kappa shape index (κ1) is 20.4. The highest BCUT2D eigenvalue weighted by Gasteiger charge is 2.16. The zero-order valence-electron chi connectivity index (χ0n) is 16.5. The van der Waals surface area contributed by atoms with Crippen LogP contribution in [0.1, 0.15) is 36.2 Å². The van der Waals surface area contributed by atoms with Crippen LogP contribution in [0.15, 0.2) is 18.2 Å². The number of benzene rings is 1. The molecule has 1 aliphatic rings. The lowest BCUT2D eigenvalue weighted by molar-refractivity contribution is -0.117. The molecule has 6 nitrogen and oxygen atoms in total. The van der Waals surface area contributed by atoms with Gasteiger partial charge in [-0.25, -0.2) is 0 Å². The van der Waals surface area contributed by atoms with Crippen molar-refractivity contribution >= 4 is 17.5 Å². The van der Waals surface area contributed by atoms with Crippen LogP contribution in [0.25, 0.3) is 0 Å². The second-order valence-corrected chi connectivity index (χ2v) is 7.61. The Hall–Kier alpha value is -1.92. The molecule has 6 heteroatoms. The Morgan fingerprint density at radius 3 is 2.65 bits per heavy atom. The van der Waals surface area contributed by atoms with E-state index in [1.165, 1.54) is 0 Å². The van der Waals surface area contributed by atoms with Crippen LogP contribution in [0.5, 0.6) is 0 Å². The number of anilines is 1. The minimum Gasteiger partial charge on any atom is -0.352 e. The third kappa shape index (κ3) is 6.42. The van der Waals surface area contributed by atoms with Crippen LogP contribution >= 0.6 is 0 Å². The van der Waals surface area contributed by atoms with Gasteiger partial charge in [-0.1, -0.05) is 19.9 Å². The van der Waals surface area contributed by atoms with Crippen molar-refractivity contribution in [2.24, 2.45) is 5.92 Å². The van der Waals surface area contributed by atoms with E-state index in [2.05, 4.69) is 41.3 Å². The number of nitrogens with one attached hydrogen (secondary N) is 2. The van der Waals surface area contributed by atoms with E-state index in [0.29, 0.717) is 30.3 Å². The monoisotopic (exact) mass is 360 g/mol. The third-order valence-electron chi connectivity index (χ3n) is 4.62. The lowest BCUT2D eigenvalue weighted by Crippen LogP contribution is -2.36. The Labute approximate surface area is 156 Å². The summed E-state index contributed by atoms with van der Waals surface area (Å²) in [6, 6.07) is 5.44. The molecule has 0 aliphatic carbocycles. The average Bonchev–Trinajstić information content (AvgIpc) is 2.79. The van der Waals surface area contributed by atoms with Gasteiger partial charge in [0.25, 0.3) is 5.91 Å². The lowest BCUT2D eigenvalue weighted by Gasteiger charge is -2.20. The van der Waals surface area contributed by atoms with E-state index in [9.17, 15) is 9.59 Å². The van der Waals surface area contributed by atoms with E-state index in [4.69, 9.17) is 0 Å². The maximum Gasteiger partial charge on any atom is 0.251 e. The summed E-state index contributed by atoms with van der Waals surface area (Å²) in [5.74, 6) is 0.262. The molecule has 0 spiro atoms. The predicted octanol–water partition coefficient (Wildman–Crippen LogP) is 1.96. The van der Waals surface area contributed by atoms with E-state index >= 15 is 0 Å². The van der Waals surface area contributed by atoms with Crippen molar-refractivity contribution in [2.75, 3.05) is 51.6 Å². The molecular formula is C20H32N4O2. The van der Waals surface area contributed by atoms with Crippen molar-refractivity contribution in [3.8, 4) is 0 Å². The fourth-order valence-corrected chi connectivity index (χ4v) is 2.95. The van der Waals surface area contributed by atoms with E-state index < -0.39 is 0 Å². The molecule has 2 amide bonds. The summed E-state index contributed by atoms with van der Waals surface area (Å²) in [7, 11) is 2.11. The van der Waals surface area contributed by atoms with Crippen molar-refractivity contribution in [2.45, 2.75) is 27.2 Å². The highest BCUT2D eigenvalue weighted by Crippen LogP contribution is 2.17. The predicted molar refractivity (Wildman–Crippen MR) is 106 cm³/mol. The highest BCUT2D eigenvalue weighted by molar-refractivity contribution is 5.98. The Kier molecular flexibility index (Phi) is 7.60. The van der Waals surface area contributed by atoms with Gasteiger partial charge in [0.2, 0.25) is 5.91 Å². The number of nitrogens with zero attached hydrogens (tertiary/aromatic N) is 2. The topological polar surface area (TPSA) is 64.7 Å². The van der Waals surface area contributed by atoms with Crippen LogP contribution in [0.3, 0.4) is 0 Å². The molecular weight excluding hydrogens is 328 g/mol. The van der Waals surface area contributed by atoms with Crippen LogP contribution in [0, 0.1) is 12.8 Å². The van der Waals surface area contributed by atoms with Crippen LogP contribution in [0.2, 0.25) is 0 Å². The van der Waals surface area contributed by atoms with Gasteiger partial charge in [0, 0.05) is 30.9 Å². The molecule has 1 aliphatic heterocycles. The minimum atomic E-state index is -0.107. The quantitative estimate of drug-likeness (QED) is 0.814. The van der Waals surface area contributed by atoms with Crippen molar-refractivity contribution in [1.29, 1.82) is 0 Å². The summed E-state index contributed by atoms with van der Waals surface area (Å²) in [4.78, 5) is 29.2. The highest BCUT2D eigenvalue weighted by atomic mass is 16.2. The number of hydrogen-bond donors (Lipinski definition) is 2. The van der Waals surface area contributed by atoms with Crippen molar-refractivity contribution < 1.29 is 9.59 Å². The molecule has 0 aromatic heterocycles. The molecule has 144 valence electrons. The SMILES string of the molecule is Cc1ccc(C(=O)NCC(C)C)cc1NC(=O)CN1CCCN(C)CC1. The van der Waals surface area contributed by atoms with Crippen molar-refractivity contribution in [1.82, 2.24) is 15.1 Å². The number of likely N-dealkylation sites (N-methyl/N-ethyl adjacent to an activating group) is 1. The zero-order valence-corrected chi connectivity index (χ0v) is 16.5. The molecule has 26 heavy (non-hydrogen) atoms. The van der Waals surface area contributed by atoms with Gasteiger partial charge in [0.15, 0.2) is 0 Å². The van der Waals surface area contributed by atoms with Gasteiger partial charge in [0.05, 0.1) is 6.54 Å². The standard InChI is InChI=1S/C20H32N4O2/c1-15(2)13-21-20(26)17-7-6-16(3)18(12-17)22-19(25)14-24-9-5-8-23(4)10-11-24/h6-7,12,15H,5,8-11,13-14H2,1-4H3,(H,21,26)(H,22,25). The van der Waals surface area contributed by atoms with E-state index in [-0.39, 0.29) is 11.8 Å². The summed E-state index contributed by atoms with van der Waals surface area (Å²) in [5.41, 5.74) is 2.23. The maximum absolute atomic E-state index is 12.5. The number of rotatable bonds is 6. The maximum atomic E-state index is 12.5. The molecule has 0 unspecified atom stereocenters. The molecule has 0 bridgehead atoms. The molecule has 0 radical (unpaired) electrons. The van der Waals surface area contributed by atoms with Gasteiger partial charge < -0.3 is 15.5 Å². The number of hydrogen-bond acceptors (Lipinski definition) is 4. The van der Waals surface area contributed by atoms with Gasteiger partial charge in [-0.15, -0.1) is 0 Å². The van der Waals surface area contributed by atoms with Crippen LogP contribution in [0.4, 0.5) is 5.69 Å². The largest absolute Gasteiger partial charge is 0.352 e. The molecule has 2 rings (SSSR count). The summed E-state index contributed by atoms with van der Waals surface area (Å²) < 4.78 is 0. The van der Waals surface area contributed by atoms with Crippen molar-refractivity contribution in [3.63, 3.8) is 0 Å². The fourth-order valence-electron chi connectivity index (χ4n) is 2.95. The van der Waals surface area contributed by atoms with Crippen LogP contribution < -0.4 is 10.6 Å². The fraction of sp³-hybridized carbons (Fsp3) is 0.600. The molecule has 0 saturated carbocycles. The Morgan fingerprint density at radius 2 is 1.92 bits per heavy atom. The first-order valence-electron chi connectivity index (χ1n) is 9.44. The van der Waals surface area contributed by atoms with Crippen LogP contribution in [-0.4, -0.2) is 67.9 Å². The molecule has 2 N–H and O–H groups in total. The van der Waals surface area contributed by atoms with Gasteiger partial charge in [-0.05, 0) is 57.1 Å². The third-order valence-corrected chi connectivity index (χ3v) is 4.62. The number of amides is 2. The molecule has 1 heterocycles. The molecule has 1 fully saturated rings. The zero-order chi connectivity index (χ0) is 19.1. The first-order valence-corrected chi connectivity index (χ1v) is 9.44. The average molecular weight is 361 g/mol. The number of carbonyl (C=O) groups is 2. The summed E-state index contributed by atoms with van der Waals surface area (Å²) in [6.45, 7) is 11.0. The van der Waals surface area contributed by atoms with Gasteiger partial charge in [0.1, 0.15) is 0 Å². The summed E-state index contributed by atoms with van der Waals surface area (Å²) in [6.07, 6.45) is 1.08. The minimum absolute atomic E-state index is 0.0302. The lowest BCUT2D eigenvalue weighted by atomic mass is 10.1. The number of aryl methyl sites for hydroxylation is 1.